The number of hydrogen-bond donors (Lipinski definition) is 0. The minimum absolute atomic E-state index is 0. The standard InChI is InChI=1S/C5H11.Al.2FH/c1-4-5(2)3;;;/h5H,1,4H2,2-3H3;;2*1H/q;+2;;/p-2. The molecule has 0 aliphatic carbocycles. The van der Waals surface area contributed by atoms with Gasteiger partial charge in [-0.15, -0.1) is 0 Å². The largest absolute Gasteiger partial charge is 1.00 e. The van der Waals surface area contributed by atoms with Gasteiger partial charge in [0.05, 0.1) is 0 Å². The minimum atomic E-state index is 0. The predicted octanol–water partition coefficient (Wildman–Crippen LogP) is -4.37. The van der Waals surface area contributed by atoms with E-state index in [-0.39, 0.29) is 9.41 Å². The van der Waals surface area contributed by atoms with Gasteiger partial charge in [-0.2, -0.15) is 0 Å². The first-order valence-electron chi connectivity index (χ1n) is 2.47. The average molecular weight is 136 g/mol. The normalized spacial score (nSPS) is 7.62. The van der Waals surface area contributed by atoms with E-state index in [4.69, 9.17) is 0 Å². The van der Waals surface area contributed by atoms with Crippen molar-refractivity contribution in [2.24, 2.45) is 5.92 Å². The van der Waals surface area contributed by atoms with Crippen molar-refractivity contribution in [3.8, 4) is 0 Å². The van der Waals surface area contributed by atoms with Crippen LogP contribution >= 0.6 is 0 Å². The van der Waals surface area contributed by atoms with Crippen molar-refractivity contribution < 1.29 is 9.41 Å². The first-order valence-corrected chi connectivity index (χ1v) is 3.29. The Labute approximate surface area is 57.8 Å². The summed E-state index contributed by atoms with van der Waals surface area (Å²) in [6.45, 7) is 4.48. The minimum Gasteiger partial charge on any atom is -1.00 e. The van der Waals surface area contributed by atoms with Crippen molar-refractivity contribution in [3.63, 3.8) is 0 Å². The van der Waals surface area contributed by atoms with Crippen LogP contribution in [0.4, 0.5) is 0 Å². The van der Waals surface area contributed by atoms with E-state index in [0.29, 0.717) is 0 Å². The molecule has 3 heteroatoms. The summed E-state index contributed by atoms with van der Waals surface area (Å²) in [5, 5.41) is 1.25. The molecule has 0 spiro atoms. The maximum absolute atomic E-state index is 2.72. The average Bonchev–Trinajstić information content (AvgIpc) is 1.35. The quantitative estimate of drug-likeness (QED) is 0.336. The molecule has 0 rings (SSSR count). The maximum atomic E-state index is 2.72. The van der Waals surface area contributed by atoms with Crippen LogP contribution < -0.4 is 9.41 Å². The molecule has 0 aromatic rings. The Morgan fingerprint density at radius 3 is 1.62 bits per heavy atom. The Morgan fingerprint density at radius 2 is 1.62 bits per heavy atom. The molecule has 0 aliphatic heterocycles. The van der Waals surface area contributed by atoms with Gasteiger partial charge in [-0.3, -0.25) is 0 Å². The van der Waals surface area contributed by atoms with Crippen molar-refractivity contribution in [1.29, 1.82) is 0 Å². The molecule has 0 N–H and O–H groups in total. The molecule has 8 heavy (non-hydrogen) atoms. The Morgan fingerprint density at radius 1 is 1.25 bits per heavy atom. The molecule has 0 heterocycles. The van der Waals surface area contributed by atoms with Gasteiger partial charge in [0.1, 0.15) is 0 Å². The maximum Gasteiger partial charge on any atom is -1.00 e. The molecule has 0 aliphatic rings. The van der Waals surface area contributed by atoms with E-state index < -0.39 is 0 Å². The summed E-state index contributed by atoms with van der Waals surface area (Å²) in [6, 6.07) is 0. The fourth-order valence-corrected chi connectivity index (χ4v) is 1.00. The summed E-state index contributed by atoms with van der Waals surface area (Å²) in [5.74, 6) is 0.877. The second kappa shape index (κ2) is 10.4. The van der Waals surface area contributed by atoms with Crippen molar-refractivity contribution in [2.45, 2.75) is 25.6 Å². The molecule has 0 radical (unpaired) electrons. The second-order valence-electron chi connectivity index (χ2n) is 1.97. The zero-order valence-electron chi connectivity index (χ0n) is 5.32. The van der Waals surface area contributed by atoms with Gasteiger partial charge in [0.2, 0.25) is 0 Å². The SMILES string of the molecule is CC(C)C[CH2][Al+2].[F-].[F-]. The molecule has 0 amide bonds. The van der Waals surface area contributed by atoms with Crippen molar-refractivity contribution >= 4 is 16.3 Å². The fourth-order valence-electron chi connectivity index (χ4n) is 0.333. The fraction of sp³-hybridized carbons (Fsp3) is 1.00. The Balaban J connectivity index is -0.000000125. The topological polar surface area (TPSA) is 0 Å². The Kier molecular flexibility index (Phi) is 20.5. The number of hydrogen-bond acceptors (Lipinski definition) is 0. The summed E-state index contributed by atoms with van der Waals surface area (Å²) in [5.41, 5.74) is 0. The predicted molar refractivity (Wildman–Crippen MR) is 30.0 cm³/mol. The van der Waals surface area contributed by atoms with Crippen molar-refractivity contribution in [2.75, 3.05) is 0 Å². The van der Waals surface area contributed by atoms with Crippen LogP contribution in [0.3, 0.4) is 0 Å². The summed E-state index contributed by atoms with van der Waals surface area (Å²) < 4.78 is 0. The molecular formula is C5H11AlF2. The van der Waals surface area contributed by atoms with Crippen LogP contribution in [-0.2, 0) is 0 Å². The van der Waals surface area contributed by atoms with Crippen LogP contribution in [-0.4, -0.2) is 16.3 Å². The van der Waals surface area contributed by atoms with Crippen molar-refractivity contribution in [3.05, 3.63) is 0 Å². The van der Waals surface area contributed by atoms with Crippen LogP contribution in [0.2, 0.25) is 5.28 Å². The van der Waals surface area contributed by atoms with Gasteiger partial charge < -0.3 is 9.41 Å². The molecular weight excluding hydrogens is 125 g/mol. The first-order chi connectivity index (χ1) is 2.77. The van der Waals surface area contributed by atoms with E-state index in [1.165, 1.54) is 11.7 Å². The van der Waals surface area contributed by atoms with Crippen LogP contribution in [0.5, 0.6) is 0 Å². The third-order valence-electron chi connectivity index (χ3n) is 0.744. The molecule has 0 aromatic carbocycles. The molecule has 0 aromatic heterocycles. The van der Waals surface area contributed by atoms with E-state index in [9.17, 15) is 0 Å². The van der Waals surface area contributed by atoms with Gasteiger partial charge in [0.25, 0.3) is 0 Å². The summed E-state index contributed by atoms with van der Waals surface area (Å²) in [7, 11) is 0. The van der Waals surface area contributed by atoms with Crippen LogP contribution in [0.15, 0.2) is 0 Å². The molecule has 0 atom stereocenters. The number of halogens is 2. The van der Waals surface area contributed by atoms with Gasteiger partial charge in [0.15, 0.2) is 0 Å². The third kappa shape index (κ3) is 16.2. The van der Waals surface area contributed by atoms with Gasteiger partial charge in [-0.1, -0.05) is 0 Å². The third-order valence-corrected chi connectivity index (χ3v) is 1.08. The number of rotatable bonds is 2. The summed E-state index contributed by atoms with van der Waals surface area (Å²) in [4.78, 5) is 0. The van der Waals surface area contributed by atoms with E-state index in [2.05, 4.69) is 30.1 Å². The van der Waals surface area contributed by atoms with Gasteiger partial charge in [0, 0.05) is 0 Å². The molecule has 0 nitrogen and oxygen atoms in total. The van der Waals surface area contributed by atoms with Gasteiger partial charge in [-0.05, 0) is 0 Å². The molecule has 0 saturated carbocycles. The smallest absolute Gasteiger partial charge is 1.00 e. The molecule has 0 bridgehead atoms. The van der Waals surface area contributed by atoms with Crippen LogP contribution in [0, 0.1) is 5.92 Å². The second-order valence-corrected chi connectivity index (χ2v) is 2.55. The van der Waals surface area contributed by atoms with E-state index in [1.54, 1.807) is 0 Å². The summed E-state index contributed by atoms with van der Waals surface area (Å²) >= 11 is 2.72. The van der Waals surface area contributed by atoms with E-state index in [1.807, 2.05) is 0 Å². The molecule has 0 saturated heterocycles. The zero-order chi connectivity index (χ0) is 4.99. The summed E-state index contributed by atoms with van der Waals surface area (Å²) in [6.07, 6.45) is 1.34. The molecule has 0 unspecified atom stereocenters. The van der Waals surface area contributed by atoms with E-state index in [0.717, 1.165) is 5.92 Å². The van der Waals surface area contributed by atoms with Crippen LogP contribution in [0.25, 0.3) is 0 Å². The van der Waals surface area contributed by atoms with Gasteiger partial charge in [-0.25, -0.2) is 0 Å². The Hall–Kier alpha value is 0.392. The monoisotopic (exact) mass is 136 g/mol. The van der Waals surface area contributed by atoms with Crippen molar-refractivity contribution in [1.82, 2.24) is 0 Å². The molecule has 0 fully saturated rings. The Bertz CT molecular complexity index is 31.6. The van der Waals surface area contributed by atoms with E-state index >= 15 is 0 Å². The zero-order valence-corrected chi connectivity index (χ0v) is 6.48. The molecule has 48 valence electrons. The first kappa shape index (κ1) is 15.8. The van der Waals surface area contributed by atoms with Gasteiger partial charge >= 0.3 is 47.8 Å². The van der Waals surface area contributed by atoms with Crippen LogP contribution in [0.1, 0.15) is 20.3 Å².